The first-order valence-electron chi connectivity index (χ1n) is 9.55. The van der Waals surface area contributed by atoms with Crippen molar-refractivity contribution >= 4 is 23.6 Å². The van der Waals surface area contributed by atoms with Gasteiger partial charge in [-0.2, -0.15) is 0 Å². The molecule has 2 heterocycles. The van der Waals surface area contributed by atoms with Gasteiger partial charge in [-0.25, -0.2) is 5.01 Å². The summed E-state index contributed by atoms with van der Waals surface area (Å²) < 4.78 is 2.15. The molecule has 1 fully saturated rings. The van der Waals surface area contributed by atoms with Crippen molar-refractivity contribution in [3.63, 3.8) is 0 Å². The van der Waals surface area contributed by atoms with Gasteiger partial charge in [0.1, 0.15) is 5.57 Å². The summed E-state index contributed by atoms with van der Waals surface area (Å²) >= 11 is 0. The molecule has 1 aromatic heterocycles. The zero-order valence-corrected chi connectivity index (χ0v) is 17.0. The van der Waals surface area contributed by atoms with Gasteiger partial charge in [0.05, 0.1) is 5.69 Å². The largest absolute Gasteiger partial charge is 0.318 e. The van der Waals surface area contributed by atoms with Crippen LogP contribution in [0.4, 0.5) is 5.69 Å². The van der Waals surface area contributed by atoms with Crippen molar-refractivity contribution in [2.24, 2.45) is 0 Å². The second-order valence-electron chi connectivity index (χ2n) is 7.48. The van der Waals surface area contributed by atoms with E-state index in [1.807, 2.05) is 38.1 Å². The van der Waals surface area contributed by atoms with Crippen LogP contribution in [-0.2, 0) is 9.59 Å². The lowest BCUT2D eigenvalue weighted by Crippen LogP contribution is -2.35. The van der Waals surface area contributed by atoms with Crippen LogP contribution in [0.15, 0.2) is 60.2 Å². The molecule has 5 nitrogen and oxygen atoms in total. The van der Waals surface area contributed by atoms with Crippen molar-refractivity contribution in [3.05, 3.63) is 88.2 Å². The lowest BCUT2D eigenvalue weighted by Gasteiger charge is -2.13. The summed E-state index contributed by atoms with van der Waals surface area (Å²) in [6.07, 6.45) is 1.68. The molecule has 29 heavy (non-hydrogen) atoms. The molecule has 0 atom stereocenters. The zero-order chi connectivity index (χ0) is 20.7. The molecule has 2 amide bonds. The molecular formula is C24H23N3O2. The van der Waals surface area contributed by atoms with Crippen LogP contribution in [0.1, 0.15) is 28.1 Å². The number of hydrogen-bond acceptors (Lipinski definition) is 2. The molecule has 0 radical (unpaired) electrons. The van der Waals surface area contributed by atoms with Crippen LogP contribution in [0.25, 0.3) is 11.8 Å². The molecule has 3 aromatic rings. The predicted molar refractivity (Wildman–Crippen MR) is 115 cm³/mol. The third-order valence-corrected chi connectivity index (χ3v) is 5.14. The smallest absolute Gasteiger partial charge is 0.282 e. The molecular weight excluding hydrogens is 362 g/mol. The van der Waals surface area contributed by atoms with Gasteiger partial charge in [-0.1, -0.05) is 24.3 Å². The SMILES string of the molecule is Cc1cc(C)cc(-n2c(C)cc(C=C3C(=O)NN(c4ccccc4)C3=O)c2C)c1. The number of anilines is 1. The molecule has 0 spiro atoms. The summed E-state index contributed by atoms with van der Waals surface area (Å²) in [6.45, 7) is 8.18. The Hall–Kier alpha value is -3.60. The highest BCUT2D eigenvalue weighted by atomic mass is 16.2. The number of aromatic nitrogens is 1. The van der Waals surface area contributed by atoms with Crippen LogP contribution >= 0.6 is 0 Å². The normalized spacial score (nSPS) is 15.3. The minimum absolute atomic E-state index is 0.134. The Bertz CT molecular complexity index is 1140. The number of carbonyl (C=O) groups excluding carboxylic acids is 2. The van der Waals surface area contributed by atoms with Gasteiger partial charge in [-0.3, -0.25) is 15.0 Å². The maximum Gasteiger partial charge on any atom is 0.282 e. The van der Waals surface area contributed by atoms with Crippen LogP contribution in [0, 0.1) is 27.7 Å². The second-order valence-corrected chi connectivity index (χ2v) is 7.48. The standard InChI is InChI=1S/C24H23N3O2/c1-15-10-16(2)12-21(11-15)26-17(3)13-19(18(26)4)14-22-23(28)25-27(24(22)29)20-8-6-5-7-9-20/h5-14H,1-4H3,(H,25,28). The van der Waals surface area contributed by atoms with Crippen LogP contribution in [0.3, 0.4) is 0 Å². The lowest BCUT2D eigenvalue weighted by molar-refractivity contribution is -0.117. The molecule has 4 rings (SSSR count). The van der Waals surface area contributed by atoms with Crippen LogP contribution < -0.4 is 10.4 Å². The molecule has 0 unspecified atom stereocenters. The monoisotopic (exact) mass is 385 g/mol. The van der Waals surface area contributed by atoms with Gasteiger partial charge < -0.3 is 4.57 Å². The first-order chi connectivity index (χ1) is 13.8. The molecule has 0 saturated carbocycles. The number of rotatable bonds is 3. The van der Waals surface area contributed by atoms with E-state index in [1.54, 1.807) is 18.2 Å². The van der Waals surface area contributed by atoms with Gasteiger partial charge in [0.2, 0.25) is 0 Å². The molecule has 1 N–H and O–H groups in total. The molecule has 1 aliphatic rings. The van der Waals surface area contributed by atoms with Crippen molar-refractivity contribution in [1.82, 2.24) is 9.99 Å². The van der Waals surface area contributed by atoms with Gasteiger partial charge in [-0.15, -0.1) is 0 Å². The lowest BCUT2D eigenvalue weighted by atomic mass is 10.1. The van der Waals surface area contributed by atoms with Crippen LogP contribution in [0.5, 0.6) is 0 Å². The first-order valence-corrected chi connectivity index (χ1v) is 9.55. The fourth-order valence-electron chi connectivity index (χ4n) is 3.88. The number of amides is 2. The Morgan fingerprint density at radius 3 is 2.14 bits per heavy atom. The quantitative estimate of drug-likeness (QED) is 0.543. The highest BCUT2D eigenvalue weighted by molar-refractivity contribution is 6.31. The minimum Gasteiger partial charge on any atom is -0.318 e. The topological polar surface area (TPSA) is 54.3 Å². The van der Waals surface area contributed by atoms with E-state index in [1.165, 1.54) is 16.1 Å². The summed E-state index contributed by atoms with van der Waals surface area (Å²) in [4.78, 5) is 25.3. The first kappa shape index (κ1) is 18.7. The summed E-state index contributed by atoms with van der Waals surface area (Å²) in [6, 6.07) is 17.5. The summed E-state index contributed by atoms with van der Waals surface area (Å²) in [5, 5.41) is 1.29. The van der Waals surface area contributed by atoms with Gasteiger partial charge >= 0.3 is 0 Å². The van der Waals surface area contributed by atoms with Crippen molar-refractivity contribution in [1.29, 1.82) is 0 Å². The van der Waals surface area contributed by atoms with E-state index in [-0.39, 0.29) is 11.5 Å². The number of nitrogens with zero attached hydrogens (tertiary/aromatic N) is 2. The maximum absolute atomic E-state index is 12.9. The average molecular weight is 385 g/mol. The van der Waals surface area contributed by atoms with Crippen molar-refractivity contribution in [3.8, 4) is 5.69 Å². The second kappa shape index (κ2) is 7.09. The maximum atomic E-state index is 12.9. The third kappa shape index (κ3) is 3.36. The fraction of sp³-hybridized carbons (Fsp3) is 0.167. The number of aryl methyl sites for hydroxylation is 3. The Morgan fingerprint density at radius 2 is 1.48 bits per heavy atom. The van der Waals surface area contributed by atoms with Gasteiger partial charge in [0, 0.05) is 17.1 Å². The number of para-hydroxylation sites is 1. The van der Waals surface area contributed by atoms with Crippen LogP contribution in [-0.4, -0.2) is 16.4 Å². The van der Waals surface area contributed by atoms with E-state index in [4.69, 9.17) is 0 Å². The number of benzene rings is 2. The van der Waals surface area contributed by atoms with Crippen LogP contribution in [0.2, 0.25) is 0 Å². The number of nitrogens with one attached hydrogen (secondary N) is 1. The number of carbonyl (C=O) groups is 2. The van der Waals surface area contributed by atoms with E-state index in [0.29, 0.717) is 5.69 Å². The van der Waals surface area contributed by atoms with E-state index in [2.05, 4.69) is 42.0 Å². The summed E-state index contributed by atoms with van der Waals surface area (Å²) in [5.41, 5.74) is 9.76. The average Bonchev–Trinajstić information content (AvgIpc) is 3.11. The van der Waals surface area contributed by atoms with Gasteiger partial charge in [-0.05, 0) is 80.8 Å². The Labute approximate surface area is 170 Å². The Morgan fingerprint density at radius 1 is 0.828 bits per heavy atom. The van der Waals surface area contributed by atoms with Gasteiger partial charge in [0.15, 0.2) is 0 Å². The summed E-state index contributed by atoms with van der Waals surface area (Å²) in [5.74, 6) is -0.743. The van der Waals surface area contributed by atoms with Crippen molar-refractivity contribution in [2.75, 3.05) is 5.01 Å². The molecule has 0 aliphatic carbocycles. The predicted octanol–water partition coefficient (Wildman–Crippen LogP) is 4.17. The fourth-order valence-corrected chi connectivity index (χ4v) is 3.88. The van der Waals surface area contributed by atoms with E-state index in [9.17, 15) is 9.59 Å². The van der Waals surface area contributed by atoms with E-state index < -0.39 is 5.91 Å². The summed E-state index contributed by atoms with van der Waals surface area (Å²) in [7, 11) is 0. The van der Waals surface area contributed by atoms with Gasteiger partial charge in [0.25, 0.3) is 11.8 Å². The highest BCUT2D eigenvalue weighted by Crippen LogP contribution is 2.26. The minimum atomic E-state index is -0.393. The number of hydrogen-bond donors (Lipinski definition) is 1. The molecule has 1 saturated heterocycles. The van der Waals surface area contributed by atoms with Crippen molar-refractivity contribution < 1.29 is 9.59 Å². The van der Waals surface area contributed by atoms with E-state index >= 15 is 0 Å². The molecule has 2 aromatic carbocycles. The zero-order valence-electron chi connectivity index (χ0n) is 17.0. The molecule has 5 heteroatoms. The number of hydrazine groups is 1. The highest BCUT2D eigenvalue weighted by Gasteiger charge is 2.34. The molecule has 146 valence electrons. The Kier molecular flexibility index (Phi) is 4.59. The van der Waals surface area contributed by atoms with Crippen molar-refractivity contribution in [2.45, 2.75) is 27.7 Å². The van der Waals surface area contributed by atoms with E-state index in [0.717, 1.165) is 22.6 Å². The molecule has 1 aliphatic heterocycles. The Balaban J connectivity index is 1.74. The molecule has 0 bridgehead atoms. The third-order valence-electron chi connectivity index (χ3n) is 5.14.